The summed E-state index contributed by atoms with van der Waals surface area (Å²) in [5.41, 5.74) is 0. The van der Waals surface area contributed by atoms with Crippen LogP contribution in [0.25, 0.3) is 0 Å². The van der Waals surface area contributed by atoms with E-state index in [1.54, 1.807) is 0 Å². The second kappa shape index (κ2) is 3.77. The highest BCUT2D eigenvalue weighted by Gasteiger charge is 2.19. The molecule has 0 heterocycles. The fraction of sp³-hybridized carbons (Fsp3) is 1.00. The topological polar surface area (TPSA) is 0 Å². The van der Waals surface area contributed by atoms with E-state index in [0.717, 1.165) is 11.7 Å². The normalized spacial score (nSPS) is 36.7. The first-order valence-electron chi connectivity index (χ1n) is 3.63. The average molecular weight is 162 g/mol. The van der Waals surface area contributed by atoms with Crippen molar-refractivity contribution in [2.24, 2.45) is 5.92 Å². The predicted octanol–water partition coefficient (Wildman–Crippen LogP) is 2.40. The highest BCUT2D eigenvalue weighted by Crippen LogP contribution is 2.28. The minimum absolute atomic E-state index is 0.635. The molecule has 2 atom stereocenters. The molecular weight excluding hydrogens is 148 g/mol. The summed E-state index contributed by atoms with van der Waals surface area (Å²) in [6.07, 6.45) is 5.41. The van der Waals surface area contributed by atoms with Crippen LogP contribution in [0.3, 0.4) is 0 Å². The molecule has 0 aromatic heterocycles. The van der Waals surface area contributed by atoms with Crippen molar-refractivity contribution in [3.05, 3.63) is 0 Å². The smallest absolute Gasteiger partial charge is 0.00528 e. The van der Waals surface area contributed by atoms with Gasteiger partial charge in [0, 0.05) is 5.25 Å². The number of hydrogen-bond donors (Lipinski definition) is 2. The lowest BCUT2D eigenvalue weighted by molar-refractivity contribution is 0.406. The third kappa shape index (κ3) is 2.08. The van der Waals surface area contributed by atoms with Crippen molar-refractivity contribution < 1.29 is 0 Å². The summed E-state index contributed by atoms with van der Waals surface area (Å²) in [6.45, 7) is 0. The Morgan fingerprint density at radius 3 is 2.33 bits per heavy atom. The third-order valence-corrected chi connectivity index (χ3v) is 3.25. The molecule has 1 aliphatic carbocycles. The molecule has 1 saturated carbocycles. The molecule has 1 fully saturated rings. The van der Waals surface area contributed by atoms with Crippen LogP contribution in [0.4, 0.5) is 0 Å². The molecular formula is C7H14S2. The van der Waals surface area contributed by atoms with Crippen LogP contribution < -0.4 is 0 Å². The summed E-state index contributed by atoms with van der Waals surface area (Å²) in [7, 11) is 0. The van der Waals surface area contributed by atoms with Crippen molar-refractivity contribution in [3.63, 3.8) is 0 Å². The molecule has 0 nitrogen and oxygen atoms in total. The van der Waals surface area contributed by atoms with Gasteiger partial charge in [-0.2, -0.15) is 25.3 Å². The molecule has 0 bridgehead atoms. The molecule has 0 amide bonds. The molecule has 0 unspecified atom stereocenters. The zero-order valence-electron chi connectivity index (χ0n) is 5.58. The van der Waals surface area contributed by atoms with Gasteiger partial charge in [0.25, 0.3) is 0 Å². The summed E-state index contributed by atoms with van der Waals surface area (Å²) in [6, 6.07) is 0. The molecule has 0 N–H and O–H groups in total. The first-order valence-corrected chi connectivity index (χ1v) is 4.78. The molecule has 1 rings (SSSR count). The molecule has 0 saturated heterocycles. The van der Waals surface area contributed by atoms with Crippen molar-refractivity contribution in [1.82, 2.24) is 0 Å². The van der Waals surface area contributed by atoms with Gasteiger partial charge in [0.15, 0.2) is 0 Å². The van der Waals surface area contributed by atoms with E-state index in [4.69, 9.17) is 0 Å². The van der Waals surface area contributed by atoms with E-state index in [9.17, 15) is 0 Å². The van der Waals surface area contributed by atoms with E-state index in [0.29, 0.717) is 5.25 Å². The molecule has 1 aliphatic rings. The monoisotopic (exact) mass is 162 g/mol. The fourth-order valence-corrected chi connectivity index (χ4v) is 2.44. The lowest BCUT2D eigenvalue weighted by Crippen LogP contribution is -2.20. The largest absolute Gasteiger partial charge is 0.179 e. The summed E-state index contributed by atoms with van der Waals surface area (Å²) in [4.78, 5) is 0. The van der Waals surface area contributed by atoms with Gasteiger partial charge in [0.1, 0.15) is 0 Å². The van der Waals surface area contributed by atoms with Gasteiger partial charge in [-0.05, 0) is 24.5 Å². The second-order valence-corrected chi connectivity index (χ2v) is 3.82. The molecule has 0 aromatic carbocycles. The number of hydrogen-bond acceptors (Lipinski definition) is 2. The SMILES string of the molecule is SC[C@H]1CCCC[C@@H]1S. The van der Waals surface area contributed by atoms with E-state index in [2.05, 4.69) is 25.3 Å². The Bertz CT molecular complexity index is 83.0. The molecule has 9 heavy (non-hydrogen) atoms. The van der Waals surface area contributed by atoms with Crippen LogP contribution in [0.2, 0.25) is 0 Å². The molecule has 0 radical (unpaired) electrons. The van der Waals surface area contributed by atoms with E-state index in [-0.39, 0.29) is 0 Å². The van der Waals surface area contributed by atoms with Gasteiger partial charge in [0.05, 0.1) is 0 Å². The van der Waals surface area contributed by atoms with Gasteiger partial charge >= 0.3 is 0 Å². The summed E-state index contributed by atoms with van der Waals surface area (Å²) in [5.74, 6) is 1.80. The van der Waals surface area contributed by atoms with E-state index < -0.39 is 0 Å². The van der Waals surface area contributed by atoms with Crippen LogP contribution in [-0.2, 0) is 0 Å². The van der Waals surface area contributed by atoms with Crippen LogP contribution >= 0.6 is 25.3 Å². The Labute approximate surface area is 68.2 Å². The van der Waals surface area contributed by atoms with Gasteiger partial charge in [-0.25, -0.2) is 0 Å². The van der Waals surface area contributed by atoms with Crippen molar-refractivity contribution in [3.8, 4) is 0 Å². The highest BCUT2D eigenvalue weighted by atomic mass is 32.1. The number of rotatable bonds is 1. The van der Waals surface area contributed by atoms with Crippen molar-refractivity contribution >= 4 is 25.3 Å². The Morgan fingerprint density at radius 1 is 1.22 bits per heavy atom. The summed E-state index contributed by atoms with van der Waals surface area (Å²) in [5, 5.41) is 0.635. The van der Waals surface area contributed by atoms with Gasteiger partial charge in [-0.3, -0.25) is 0 Å². The van der Waals surface area contributed by atoms with Crippen LogP contribution in [0.1, 0.15) is 25.7 Å². The second-order valence-electron chi connectivity index (χ2n) is 2.79. The Kier molecular flexibility index (Phi) is 3.27. The molecule has 0 aromatic rings. The van der Waals surface area contributed by atoms with Gasteiger partial charge in [0.2, 0.25) is 0 Å². The zero-order chi connectivity index (χ0) is 6.69. The average Bonchev–Trinajstić information content (AvgIpc) is 1.89. The quantitative estimate of drug-likeness (QED) is 0.544. The first kappa shape index (κ1) is 7.80. The maximum Gasteiger partial charge on any atom is 0.00528 e. The third-order valence-electron chi connectivity index (χ3n) is 2.10. The van der Waals surface area contributed by atoms with Crippen LogP contribution in [0.15, 0.2) is 0 Å². The molecule has 0 aliphatic heterocycles. The zero-order valence-corrected chi connectivity index (χ0v) is 7.37. The van der Waals surface area contributed by atoms with Crippen molar-refractivity contribution in [2.75, 3.05) is 5.75 Å². The van der Waals surface area contributed by atoms with Crippen molar-refractivity contribution in [2.45, 2.75) is 30.9 Å². The first-order chi connectivity index (χ1) is 4.34. The molecule has 0 spiro atoms. The van der Waals surface area contributed by atoms with Gasteiger partial charge < -0.3 is 0 Å². The van der Waals surface area contributed by atoms with E-state index in [1.165, 1.54) is 25.7 Å². The number of thiol groups is 2. The maximum absolute atomic E-state index is 4.49. The molecule has 2 heteroatoms. The molecule has 54 valence electrons. The van der Waals surface area contributed by atoms with Crippen LogP contribution in [0, 0.1) is 5.92 Å². The lowest BCUT2D eigenvalue weighted by Gasteiger charge is -2.26. The van der Waals surface area contributed by atoms with E-state index >= 15 is 0 Å². The Balaban J connectivity index is 2.30. The highest BCUT2D eigenvalue weighted by molar-refractivity contribution is 7.81. The van der Waals surface area contributed by atoms with Crippen LogP contribution in [0.5, 0.6) is 0 Å². The van der Waals surface area contributed by atoms with Crippen molar-refractivity contribution in [1.29, 1.82) is 0 Å². The predicted molar refractivity (Wildman–Crippen MR) is 48.6 cm³/mol. The minimum atomic E-state index is 0.635. The maximum atomic E-state index is 4.49. The summed E-state index contributed by atoms with van der Waals surface area (Å²) >= 11 is 8.76. The Hall–Kier alpha value is 0.700. The standard InChI is InChI=1S/C7H14S2/c8-5-6-3-1-2-4-7(6)9/h6-9H,1-5H2/t6-,7+/m1/s1. The fourth-order valence-electron chi connectivity index (χ4n) is 1.40. The van der Waals surface area contributed by atoms with Gasteiger partial charge in [-0.1, -0.05) is 12.8 Å². The van der Waals surface area contributed by atoms with Gasteiger partial charge in [-0.15, -0.1) is 0 Å². The lowest BCUT2D eigenvalue weighted by atomic mass is 9.90. The van der Waals surface area contributed by atoms with Crippen LogP contribution in [-0.4, -0.2) is 11.0 Å². The minimum Gasteiger partial charge on any atom is -0.179 e. The summed E-state index contributed by atoms with van der Waals surface area (Å²) < 4.78 is 0. The van der Waals surface area contributed by atoms with E-state index in [1.807, 2.05) is 0 Å². The Morgan fingerprint density at radius 2 is 1.89 bits per heavy atom.